The monoisotopic (exact) mass is 489 g/mol. The zero-order chi connectivity index (χ0) is 21.7. The maximum atomic E-state index is 12.6. The lowest BCUT2D eigenvalue weighted by molar-refractivity contribution is -0.384. The Balaban J connectivity index is 1.69. The molecule has 0 saturated carbocycles. The molecular formula is C20H20BrN5O3S. The van der Waals surface area contributed by atoms with Gasteiger partial charge < -0.3 is 9.88 Å². The number of rotatable bonds is 8. The van der Waals surface area contributed by atoms with Crippen molar-refractivity contribution < 1.29 is 9.72 Å². The number of aromatic nitrogens is 3. The van der Waals surface area contributed by atoms with Crippen LogP contribution in [0.2, 0.25) is 0 Å². The molecule has 0 aliphatic carbocycles. The number of non-ortho nitro benzene ring substituents is 1. The Kier molecular flexibility index (Phi) is 7.22. The lowest BCUT2D eigenvalue weighted by atomic mass is 10.2. The lowest BCUT2D eigenvalue weighted by Gasteiger charge is -2.15. The van der Waals surface area contributed by atoms with Crippen molar-refractivity contribution >= 4 is 39.3 Å². The van der Waals surface area contributed by atoms with Crippen molar-refractivity contribution in [2.45, 2.75) is 37.3 Å². The average molecular weight is 490 g/mol. The van der Waals surface area contributed by atoms with Crippen LogP contribution in [-0.4, -0.2) is 25.6 Å². The number of nitrogens with zero attached hydrogens (tertiary/aromatic N) is 4. The molecule has 10 heteroatoms. The summed E-state index contributed by atoms with van der Waals surface area (Å²) in [5, 5.41) is 23.0. The number of hydrogen-bond donors (Lipinski definition) is 1. The highest BCUT2D eigenvalue weighted by molar-refractivity contribution is 9.10. The van der Waals surface area contributed by atoms with E-state index >= 15 is 0 Å². The molecule has 1 atom stereocenters. The number of carbonyl (C=O) groups is 1. The van der Waals surface area contributed by atoms with E-state index in [1.807, 2.05) is 36.6 Å². The van der Waals surface area contributed by atoms with Crippen molar-refractivity contribution in [1.82, 2.24) is 20.1 Å². The summed E-state index contributed by atoms with van der Waals surface area (Å²) in [6, 6.07) is 13.4. The van der Waals surface area contributed by atoms with Crippen molar-refractivity contribution in [3.05, 3.63) is 80.1 Å². The van der Waals surface area contributed by atoms with E-state index in [2.05, 4.69) is 31.4 Å². The van der Waals surface area contributed by atoms with E-state index in [0.717, 1.165) is 15.2 Å². The molecule has 0 bridgehead atoms. The van der Waals surface area contributed by atoms with Crippen LogP contribution in [0.25, 0.3) is 0 Å². The molecule has 8 nitrogen and oxygen atoms in total. The second kappa shape index (κ2) is 9.86. The van der Waals surface area contributed by atoms with Gasteiger partial charge in [0.25, 0.3) is 11.6 Å². The molecule has 1 aromatic heterocycles. The summed E-state index contributed by atoms with van der Waals surface area (Å²) in [6.45, 7) is 4.51. The highest BCUT2D eigenvalue weighted by Gasteiger charge is 2.20. The van der Waals surface area contributed by atoms with E-state index in [9.17, 15) is 14.9 Å². The van der Waals surface area contributed by atoms with E-state index < -0.39 is 4.92 Å². The Bertz CT molecular complexity index is 1050. The molecule has 1 N–H and O–H groups in total. The van der Waals surface area contributed by atoms with Crippen LogP contribution in [0, 0.1) is 10.1 Å². The smallest absolute Gasteiger partial charge is 0.269 e. The highest BCUT2D eigenvalue weighted by Crippen LogP contribution is 2.25. The number of halogens is 1. The normalized spacial score (nSPS) is 11.8. The van der Waals surface area contributed by atoms with E-state index in [1.54, 1.807) is 18.2 Å². The SMILES string of the molecule is CCn1c(SCc2ccc([N+](=O)[O-])cc2)nnc1[C@@H](C)NC(=O)c1ccccc1Br. The van der Waals surface area contributed by atoms with Crippen molar-refractivity contribution in [2.75, 3.05) is 0 Å². The molecule has 2 aromatic carbocycles. The van der Waals surface area contributed by atoms with Crippen molar-refractivity contribution in [3.8, 4) is 0 Å². The number of hydrogen-bond acceptors (Lipinski definition) is 6. The topological polar surface area (TPSA) is 103 Å². The third-order valence-corrected chi connectivity index (χ3v) is 6.16. The largest absolute Gasteiger partial charge is 0.342 e. The van der Waals surface area contributed by atoms with Crippen LogP contribution in [0.1, 0.15) is 41.6 Å². The second-order valence-corrected chi connectivity index (χ2v) is 8.27. The summed E-state index contributed by atoms with van der Waals surface area (Å²) in [7, 11) is 0. The van der Waals surface area contributed by atoms with E-state index in [-0.39, 0.29) is 17.6 Å². The van der Waals surface area contributed by atoms with Gasteiger partial charge in [0.05, 0.1) is 16.5 Å². The number of nitro benzene ring substituents is 1. The molecular weight excluding hydrogens is 470 g/mol. The van der Waals surface area contributed by atoms with Crippen LogP contribution in [0.5, 0.6) is 0 Å². The van der Waals surface area contributed by atoms with Crippen molar-refractivity contribution in [1.29, 1.82) is 0 Å². The van der Waals surface area contributed by atoms with Gasteiger partial charge >= 0.3 is 0 Å². The van der Waals surface area contributed by atoms with Crippen LogP contribution >= 0.6 is 27.7 Å². The fraction of sp³-hybridized carbons (Fsp3) is 0.250. The molecule has 1 amide bonds. The summed E-state index contributed by atoms with van der Waals surface area (Å²) in [5.41, 5.74) is 1.57. The first kappa shape index (κ1) is 22.0. The summed E-state index contributed by atoms with van der Waals surface area (Å²) in [5.74, 6) is 1.08. The van der Waals surface area contributed by atoms with Crippen LogP contribution in [0.15, 0.2) is 58.2 Å². The Labute approximate surface area is 186 Å². The molecule has 0 aliphatic heterocycles. The molecule has 0 unspecified atom stereocenters. The Morgan fingerprint density at radius 1 is 1.23 bits per heavy atom. The standard InChI is InChI=1S/C20H20BrN5O3S/c1-3-25-18(13(2)22-19(27)16-6-4-5-7-17(16)21)23-24-20(25)30-12-14-8-10-15(11-9-14)26(28)29/h4-11,13H,3,12H2,1-2H3,(H,22,27)/t13-/m1/s1. The van der Waals surface area contributed by atoms with Crippen LogP contribution in [0.3, 0.4) is 0 Å². The first-order chi connectivity index (χ1) is 14.4. The first-order valence-corrected chi connectivity index (χ1v) is 11.0. The molecule has 0 fully saturated rings. The Morgan fingerprint density at radius 3 is 2.57 bits per heavy atom. The number of carbonyl (C=O) groups excluding carboxylic acids is 1. The molecule has 156 valence electrons. The Hall–Kier alpha value is -2.72. The van der Waals surface area contributed by atoms with Gasteiger partial charge in [0.15, 0.2) is 11.0 Å². The maximum Gasteiger partial charge on any atom is 0.269 e. The zero-order valence-electron chi connectivity index (χ0n) is 16.4. The predicted molar refractivity (Wildman–Crippen MR) is 118 cm³/mol. The van der Waals surface area contributed by atoms with Gasteiger partial charge in [-0.2, -0.15) is 0 Å². The molecule has 3 rings (SSSR count). The molecule has 0 spiro atoms. The minimum absolute atomic E-state index is 0.0670. The second-order valence-electron chi connectivity index (χ2n) is 6.47. The van der Waals surface area contributed by atoms with Gasteiger partial charge in [-0.15, -0.1) is 10.2 Å². The van der Waals surface area contributed by atoms with E-state index in [0.29, 0.717) is 23.7 Å². The van der Waals surface area contributed by atoms with Crippen LogP contribution in [-0.2, 0) is 12.3 Å². The van der Waals surface area contributed by atoms with E-state index in [4.69, 9.17) is 0 Å². The van der Waals surface area contributed by atoms with Gasteiger partial charge in [-0.1, -0.05) is 36.0 Å². The van der Waals surface area contributed by atoms with Gasteiger partial charge in [-0.3, -0.25) is 14.9 Å². The Morgan fingerprint density at radius 2 is 1.93 bits per heavy atom. The number of amides is 1. The molecule has 30 heavy (non-hydrogen) atoms. The van der Waals surface area contributed by atoms with Gasteiger partial charge in [-0.25, -0.2) is 0 Å². The number of nitrogens with one attached hydrogen (secondary N) is 1. The predicted octanol–water partition coefficient (Wildman–Crippen LogP) is 4.75. The number of thioether (sulfide) groups is 1. The third kappa shape index (κ3) is 5.06. The quantitative estimate of drug-likeness (QED) is 0.278. The molecule has 0 saturated heterocycles. The summed E-state index contributed by atoms with van der Waals surface area (Å²) in [6.07, 6.45) is 0. The molecule has 0 aliphatic rings. The summed E-state index contributed by atoms with van der Waals surface area (Å²) < 4.78 is 2.69. The maximum absolute atomic E-state index is 12.6. The fourth-order valence-electron chi connectivity index (χ4n) is 2.87. The highest BCUT2D eigenvalue weighted by atomic mass is 79.9. The zero-order valence-corrected chi connectivity index (χ0v) is 18.8. The minimum atomic E-state index is -0.416. The summed E-state index contributed by atoms with van der Waals surface area (Å²) >= 11 is 4.89. The number of nitro groups is 1. The van der Waals surface area contributed by atoms with Gasteiger partial charge in [0.2, 0.25) is 0 Å². The molecule has 3 aromatic rings. The van der Waals surface area contributed by atoms with Crippen molar-refractivity contribution in [3.63, 3.8) is 0 Å². The van der Waals surface area contributed by atoms with Crippen molar-refractivity contribution in [2.24, 2.45) is 0 Å². The average Bonchev–Trinajstić information content (AvgIpc) is 3.15. The van der Waals surface area contributed by atoms with E-state index in [1.165, 1.54) is 23.9 Å². The van der Waals surface area contributed by atoms with Gasteiger partial charge in [0, 0.05) is 28.9 Å². The third-order valence-electron chi connectivity index (χ3n) is 4.43. The lowest BCUT2D eigenvalue weighted by Crippen LogP contribution is -2.29. The molecule has 0 radical (unpaired) electrons. The van der Waals surface area contributed by atoms with Crippen LogP contribution in [0.4, 0.5) is 5.69 Å². The van der Waals surface area contributed by atoms with Gasteiger partial charge in [-0.05, 0) is 47.5 Å². The minimum Gasteiger partial charge on any atom is -0.342 e. The first-order valence-electron chi connectivity index (χ1n) is 9.25. The van der Waals surface area contributed by atoms with Crippen LogP contribution < -0.4 is 5.32 Å². The molecule has 1 heterocycles. The van der Waals surface area contributed by atoms with Gasteiger partial charge in [0.1, 0.15) is 0 Å². The fourth-order valence-corrected chi connectivity index (χ4v) is 4.30. The summed E-state index contributed by atoms with van der Waals surface area (Å²) in [4.78, 5) is 22.9. The number of benzene rings is 2.